The van der Waals surface area contributed by atoms with E-state index >= 15 is 0 Å². The first-order valence-electron chi connectivity index (χ1n) is 5.59. The van der Waals surface area contributed by atoms with Crippen LogP contribution in [0.3, 0.4) is 0 Å². The van der Waals surface area contributed by atoms with Crippen molar-refractivity contribution in [2.24, 2.45) is 0 Å². The third-order valence-corrected chi connectivity index (χ3v) is 137. The van der Waals surface area contributed by atoms with Crippen molar-refractivity contribution < 1.29 is 0 Å². The second kappa shape index (κ2) is 3.75. The summed E-state index contributed by atoms with van der Waals surface area (Å²) >= 11 is -1.80. The number of hydrogen-bond acceptors (Lipinski definition) is 3. The molecule has 0 aromatic heterocycles. The number of hydrogen-bond donors (Lipinski definition) is 0. The summed E-state index contributed by atoms with van der Waals surface area (Å²) < 4.78 is 0. The zero-order chi connectivity index (χ0) is 11.7. The summed E-state index contributed by atoms with van der Waals surface area (Å²) in [6.45, 7) is 16.2. The van der Waals surface area contributed by atoms with E-state index in [2.05, 4.69) is 69.4 Å². The quantitative estimate of drug-likeness (QED) is 0.518. The minimum absolute atomic E-state index is 0.922. The van der Waals surface area contributed by atoms with Crippen LogP contribution in [0.25, 0.3) is 0 Å². The van der Waals surface area contributed by atoms with Crippen molar-refractivity contribution in [3.05, 3.63) is 0 Å². The van der Waals surface area contributed by atoms with Crippen molar-refractivity contribution in [1.82, 2.24) is 0 Å². The molecule has 0 nitrogen and oxygen atoms in total. The molecule has 0 aliphatic carbocycles. The summed E-state index contributed by atoms with van der Waals surface area (Å²) in [5, 5.41) is 0. The molecular formula is C8H22S3Si3Sn. The Balaban J connectivity index is 2.51. The van der Waals surface area contributed by atoms with Gasteiger partial charge in [0.1, 0.15) is 0 Å². The third kappa shape index (κ3) is 2.34. The predicted octanol–water partition coefficient (Wildman–Crippen LogP) is 4.85. The fourth-order valence-corrected chi connectivity index (χ4v) is 271. The van der Waals surface area contributed by atoms with Crippen LogP contribution in [-0.2, 0) is 0 Å². The Kier molecular flexibility index (Phi) is 3.48. The van der Waals surface area contributed by atoms with Crippen LogP contribution in [0.2, 0.25) is 49.0 Å². The Hall–Kier alpha value is 2.50. The Morgan fingerprint density at radius 1 is 0.733 bits per heavy atom. The molecule has 0 radical (unpaired) electrons. The summed E-state index contributed by atoms with van der Waals surface area (Å²) in [4.78, 5) is 3.96. The molecule has 88 valence electrons. The number of fused-ring (bicyclic) bond motifs is 3. The van der Waals surface area contributed by atoms with Gasteiger partial charge in [0.25, 0.3) is 0 Å². The molecule has 2 bridgehead atoms. The van der Waals surface area contributed by atoms with Gasteiger partial charge in [0, 0.05) is 0 Å². The van der Waals surface area contributed by atoms with Crippen LogP contribution in [0.4, 0.5) is 0 Å². The first-order valence-corrected chi connectivity index (χ1v) is 32.8. The van der Waals surface area contributed by atoms with Crippen molar-refractivity contribution in [3.63, 3.8) is 0 Å². The topological polar surface area (TPSA) is 0 Å². The first-order chi connectivity index (χ1) is 6.49. The molecule has 0 atom stereocenters. The summed E-state index contributed by atoms with van der Waals surface area (Å²) in [6.07, 6.45) is 0. The van der Waals surface area contributed by atoms with E-state index in [4.69, 9.17) is 0 Å². The summed E-state index contributed by atoms with van der Waals surface area (Å²) in [5.41, 5.74) is 0. The van der Waals surface area contributed by atoms with Gasteiger partial charge in [0.05, 0.1) is 0 Å². The van der Waals surface area contributed by atoms with E-state index in [1.165, 1.54) is 4.79 Å². The maximum absolute atomic E-state index is 2.72. The van der Waals surface area contributed by atoms with E-state index in [1.54, 1.807) is 0 Å². The van der Waals surface area contributed by atoms with Crippen LogP contribution in [0, 0.1) is 0 Å². The molecular weight excluding hydrogens is 395 g/mol. The van der Waals surface area contributed by atoms with Crippen LogP contribution in [-0.4, -0.2) is 35.9 Å². The average Bonchev–Trinajstić information content (AvgIpc) is 1.67. The second-order valence-electron chi connectivity index (χ2n) is 6.41. The van der Waals surface area contributed by atoms with Gasteiger partial charge in [-0.15, -0.1) is 0 Å². The van der Waals surface area contributed by atoms with Gasteiger partial charge in [-0.25, -0.2) is 0 Å². The second-order valence-corrected chi connectivity index (χ2v) is 73.7. The Morgan fingerprint density at radius 2 is 1.00 bits per heavy atom. The molecule has 3 heterocycles. The fraction of sp³-hybridized carbons (Fsp3) is 1.00. The molecule has 0 amide bonds. The zero-order valence-electron chi connectivity index (χ0n) is 10.8. The van der Waals surface area contributed by atoms with Gasteiger partial charge in [-0.1, -0.05) is 0 Å². The zero-order valence-corrected chi connectivity index (χ0v) is 19.1. The molecule has 0 aromatic rings. The predicted molar refractivity (Wildman–Crippen MR) is 90.6 cm³/mol. The molecule has 15 heavy (non-hydrogen) atoms. The minimum atomic E-state index is -1.80. The SMILES string of the molecule is C[Si]1(C)[S][Sn]2([CH3])[S][Si](C)(C)C1[Si](C)(C)[S]2. The van der Waals surface area contributed by atoms with Gasteiger partial charge in [-0.3, -0.25) is 0 Å². The van der Waals surface area contributed by atoms with Crippen molar-refractivity contribution in [3.8, 4) is 0 Å². The normalized spacial score (nSPS) is 45.4. The molecule has 0 spiro atoms. The van der Waals surface area contributed by atoms with Crippen LogP contribution in [0.1, 0.15) is 0 Å². The molecule has 3 saturated heterocycles. The van der Waals surface area contributed by atoms with Gasteiger partial charge in [0.2, 0.25) is 0 Å². The summed E-state index contributed by atoms with van der Waals surface area (Å²) in [7, 11) is 5.00. The maximum atomic E-state index is 2.72. The number of rotatable bonds is 0. The van der Waals surface area contributed by atoms with Gasteiger partial charge in [-0.05, 0) is 0 Å². The summed E-state index contributed by atoms with van der Waals surface area (Å²) in [5.74, 6) is 0. The fourth-order valence-electron chi connectivity index (χ4n) is 4.18. The molecule has 3 aliphatic heterocycles. The van der Waals surface area contributed by atoms with Crippen LogP contribution in [0.5, 0.6) is 0 Å². The first kappa shape index (κ1) is 13.9. The van der Waals surface area contributed by atoms with Crippen molar-refractivity contribution >= 4 is 61.1 Å². The van der Waals surface area contributed by atoms with Gasteiger partial charge in [-0.2, -0.15) is 0 Å². The Morgan fingerprint density at radius 3 is 1.20 bits per heavy atom. The molecule has 3 fully saturated rings. The van der Waals surface area contributed by atoms with Crippen molar-refractivity contribution in [2.75, 3.05) is 0 Å². The third-order valence-electron chi connectivity index (χ3n) is 3.43. The molecule has 0 unspecified atom stereocenters. The van der Waals surface area contributed by atoms with Crippen molar-refractivity contribution in [2.45, 2.75) is 49.0 Å². The molecule has 0 saturated carbocycles. The van der Waals surface area contributed by atoms with Crippen molar-refractivity contribution in [1.29, 1.82) is 0 Å². The van der Waals surface area contributed by atoms with Crippen LogP contribution < -0.4 is 0 Å². The van der Waals surface area contributed by atoms with Gasteiger partial charge >= 0.3 is 110 Å². The van der Waals surface area contributed by atoms with E-state index in [1.807, 2.05) is 0 Å². The summed E-state index contributed by atoms with van der Waals surface area (Å²) in [6, 6.07) is 0. The Labute approximate surface area is 109 Å². The molecule has 7 heteroatoms. The van der Waals surface area contributed by atoms with Crippen LogP contribution >= 0.6 is 25.2 Å². The van der Waals surface area contributed by atoms with E-state index < -0.39 is 35.9 Å². The van der Waals surface area contributed by atoms with E-state index in [0.717, 1.165) is 0 Å². The molecule has 3 aliphatic rings. The molecule has 0 N–H and O–H groups in total. The van der Waals surface area contributed by atoms with Gasteiger partial charge < -0.3 is 0 Å². The molecule has 3 rings (SSSR count). The monoisotopic (exact) mass is 418 g/mol. The van der Waals surface area contributed by atoms with Crippen LogP contribution in [0.15, 0.2) is 0 Å². The van der Waals surface area contributed by atoms with E-state index in [9.17, 15) is 0 Å². The Bertz CT molecular complexity index is 252. The average molecular weight is 417 g/mol. The van der Waals surface area contributed by atoms with E-state index in [0.29, 0.717) is 0 Å². The standard InChI is InChI=1S/C7H19S3Si3.CH3.Sn/c1-11(2,8)7(12(3,4)9)13(5,6)10;;/h7H,1-6H3;1H3;/q-3;;+3. The van der Waals surface area contributed by atoms with E-state index in [-0.39, 0.29) is 0 Å². The molecule has 0 aromatic carbocycles. The van der Waals surface area contributed by atoms with Gasteiger partial charge in [0.15, 0.2) is 0 Å².